The molecule has 0 saturated heterocycles. The van der Waals surface area contributed by atoms with Gasteiger partial charge in [-0.3, -0.25) is 4.79 Å². The molecule has 3 aromatic heterocycles. The van der Waals surface area contributed by atoms with E-state index in [1.807, 2.05) is 12.1 Å². The molecule has 7 aromatic rings. The molecule has 1 amide bonds. The average Bonchev–Trinajstić information content (AvgIpc) is 3.78. The van der Waals surface area contributed by atoms with E-state index in [2.05, 4.69) is 46.5 Å². The first-order chi connectivity index (χ1) is 31.4. The van der Waals surface area contributed by atoms with Gasteiger partial charge in [-0.2, -0.15) is 15.0 Å². The third-order valence-corrected chi connectivity index (χ3v) is 17.8. The number of H-pyrrole nitrogens is 1. The number of aromatic amines is 1. The Balaban J connectivity index is 1.04. The van der Waals surface area contributed by atoms with Gasteiger partial charge in [-0.1, -0.05) is 23.7 Å². The molecule has 0 radical (unpaired) electrons. The van der Waals surface area contributed by atoms with E-state index in [4.69, 9.17) is 30.8 Å². The summed E-state index contributed by atoms with van der Waals surface area (Å²) in [5, 5.41) is 18.2. The van der Waals surface area contributed by atoms with Crippen LogP contribution < -0.4 is 56.7 Å². The molecule has 0 bridgehead atoms. The summed E-state index contributed by atoms with van der Waals surface area (Å²) in [6.45, 7) is 6.72. The fraction of sp³-hybridized carbons (Fsp3) is 0.222. The largest absolute Gasteiger partial charge is 0.495 e. The highest BCUT2D eigenvalue weighted by Crippen LogP contribution is 2.49. The van der Waals surface area contributed by atoms with Gasteiger partial charge in [0.25, 0.3) is 5.91 Å². The Bertz CT molecular complexity index is 3110. The zero-order valence-corrected chi connectivity index (χ0v) is 41.0. The van der Waals surface area contributed by atoms with Crippen molar-refractivity contribution in [1.82, 2.24) is 30.2 Å². The van der Waals surface area contributed by atoms with Crippen LogP contribution >= 0.6 is 33.0 Å². The van der Waals surface area contributed by atoms with Crippen molar-refractivity contribution in [2.75, 3.05) is 88.6 Å². The number of nitrogens with one attached hydrogen (secondary N) is 6. The van der Waals surface area contributed by atoms with E-state index in [1.165, 1.54) is 27.5 Å². The second kappa shape index (κ2) is 19.6. The summed E-state index contributed by atoms with van der Waals surface area (Å²) in [6, 6.07) is 24.6. The van der Waals surface area contributed by atoms with Crippen molar-refractivity contribution in [2.24, 2.45) is 0 Å². The van der Waals surface area contributed by atoms with Crippen LogP contribution in [-0.4, -0.2) is 98.2 Å². The predicted molar refractivity (Wildman–Crippen MR) is 268 cm³/mol. The number of aromatic nitrogens is 5. The number of carbonyl (C=O) groups is 1. The maximum Gasteiger partial charge on any atom is 0.253 e. The molecule has 344 valence electrons. The zero-order valence-electron chi connectivity index (χ0n) is 37.5. The number of hydrogen-bond acceptors (Lipinski definition) is 15. The van der Waals surface area contributed by atoms with Gasteiger partial charge in [-0.15, -0.1) is 0 Å². The van der Waals surface area contributed by atoms with Gasteiger partial charge in [0, 0.05) is 41.5 Å². The van der Waals surface area contributed by atoms with Crippen molar-refractivity contribution in [1.29, 1.82) is 0 Å². The molecule has 0 spiro atoms. The summed E-state index contributed by atoms with van der Waals surface area (Å²) >= 11 is 6.48. The van der Waals surface area contributed by atoms with Gasteiger partial charge in [0.1, 0.15) is 55.2 Å². The number of amides is 1. The zero-order chi connectivity index (χ0) is 47.4. The Labute approximate surface area is 387 Å². The topological polar surface area (TPSA) is 223 Å². The molecule has 0 saturated carbocycles. The Morgan fingerprint density at radius 3 is 1.73 bits per heavy atom. The second-order valence-electron chi connectivity index (χ2n) is 15.8. The number of hydrogen-bond donors (Lipinski definition) is 6. The van der Waals surface area contributed by atoms with Gasteiger partial charge < -0.3 is 59.5 Å². The average molecular weight is 971 g/mol. The Morgan fingerprint density at radius 2 is 1.15 bits per heavy atom. The monoisotopic (exact) mass is 970 g/mol. The molecule has 0 aliphatic rings. The predicted octanol–water partition coefficient (Wildman–Crippen LogP) is 8.95. The van der Waals surface area contributed by atoms with Crippen LogP contribution in [0.1, 0.15) is 10.4 Å². The normalized spacial score (nSPS) is 13.2. The first-order valence-corrected chi connectivity index (χ1v) is 28.1. The van der Waals surface area contributed by atoms with Gasteiger partial charge in [-0.25, -0.2) is 4.98 Å². The van der Waals surface area contributed by atoms with E-state index in [0.29, 0.717) is 84.1 Å². The first-order valence-electron chi connectivity index (χ1n) is 20.4. The summed E-state index contributed by atoms with van der Waals surface area (Å²) in [5.74, 6) is 2.23. The van der Waals surface area contributed by atoms with Crippen LogP contribution in [0.5, 0.6) is 17.2 Å². The third-order valence-electron chi connectivity index (χ3n) is 10.8. The highest BCUT2D eigenvalue weighted by atomic mass is 35.5. The van der Waals surface area contributed by atoms with Gasteiger partial charge in [-0.05, 0) is 99.5 Å². The van der Waals surface area contributed by atoms with Gasteiger partial charge in [0.15, 0.2) is 5.82 Å². The lowest BCUT2D eigenvalue weighted by Gasteiger charge is -2.20. The lowest BCUT2D eigenvalue weighted by Crippen LogP contribution is -2.19. The van der Waals surface area contributed by atoms with Crippen molar-refractivity contribution in [3.63, 3.8) is 0 Å². The number of ether oxygens (including phenoxy) is 3. The molecule has 2 atom stereocenters. The lowest BCUT2D eigenvalue weighted by atomic mass is 10.1. The maximum absolute atomic E-state index is 14.4. The van der Waals surface area contributed by atoms with Crippen LogP contribution in [0.15, 0.2) is 97.3 Å². The Kier molecular flexibility index (Phi) is 14.1. The number of halogens is 1. The summed E-state index contributed by atoms with van der Waals surface area (Å²) in [5.41, 5.74) is 3.18. The quantitative estimate of drug-likeness (QED) is 0.0442. The minimum atomic E-state index is -3.07. The van der Waals surface area contributed by atoms with Crippen LogP contribution in [0, 0.1) is 0 Å². The SMILES string of the molecule is CNC(=O)c1ccccc1Nc1nc(Nc2ccc(P(C)(=O)CCP(C)(=O)c3ccc(Nc4ncc(Cl)c(Nc5ccc(P(C)(C)=O)cc5OC)n4)c(OC)c3)cc2OC)nc2[nH]ccc12. The number of nitrogens with zero attached hydrogens (tertiary/aromatic N) is 4. The highest BCUT2D eigenvalue weighted by molar-refractivity contribution is 7.74. The van der Waals surface area contributed by atoms with Gasteiger partial charge >= 0.3 is 0 Å². The van der Waals surface area contributed by atoms with Crippen LogP contribution in [0.4, 0.5) is 46.3 Å². The Hall–Kier alpha value is -6.37. The minimum Gasteiger partial charge on any atom is -0.495 e. The molecule has 0 aliphatic carbocycles. The maximum atomic E-state index is 14.4. The van der Waals surface area contributed by atoms with E-state index < -0.39 is 21.4 Å². The number of rotatable bonds is 18. The van der Waals surface area contributed by atoms with E-state index in [1.54, 1.807) is 113 Å². The molecule has 6 N–H and O–H groups in total. The van der Waals surface area contributed by atoms with Crippen LogP contribution in [-0.2, 0) is 13.7 Å². The number of fused-ring (bicyclic) bond motifs is 1. The Morgan fingerprint density at radius 1 is 0.636 bits per heavy atom. The summed E-state index contributed by atoms with van der Waals surface area (Å²) in [4.78, 5) is 34.0. The molecule has 2 unspecified atom stereocenters. The van der Waals surface area contributed by atoms with Crippen molar-refractivity contribution in [3.8, 4) is 17.2 Å². The van der Waals surface area contributed by atoms with E-state index >= 15 is 0 Å². The number of anilines is 8. The molecule has 21 heteroatoms. The van der Waals surface area contributed by atoms with Crippen molar-refractivity contribution in [2.45, 2.75) is 0 Å². The summed E-state index contributed by atoms with van der Waals surface area (Å²) in [6.07, 6.45) is 3.52. The van der Waals surface area contributed by atoms with E-state index in [0.717, 1.165) is 0 Å². The standard InChI is InChI=1S/C45H50ClN10O7P3/c1-47-43(57)30-11-9-10-12-33(30)50-41-31-19-20-48-40(31)54-45(55-41)53-36-18-15-29(25-39(36)63-4)66(8,60)22-21-65(7,59)28-14-17-35(38(24-28)62-3)52-44-49-26-32(46)42(56-44)51-34-16-13-27(64(5,6)58)23-37(34)61-2/h9-20,23-26H,21-22H2,1-8H3,(H,47,57)(H2,49,51,52,56)(H3,48,50,53,54,55). The lowest BCUT2D eigenvalue weighted by molar-refractivity contribution is 0.0964. The number of benzene rings is 4. The fourth-order valence-corrected chi connectivity index (χ4v) is 13.1. The van der Waals surface area contributed by atoms with Crippen LogP contribution in [0.2, 0.25) is 5.02 Å². The second-order valence-corrected chi connectivity index (χ2v) is 25.8. The van der Waals surface area contributed by atoms with Crippen LogP contribution in [0.25, 0.3) is 11.0 Å². The van der Waals surface area contributed by atoms with Crippen molar-refractivity contribution < 1.29 is 32.7 Å². The highest BCUT2D eigenvalue weighted by Gasteiger charge is 2.28. The van der Waals surface area contributed by atoms with Gasteiger partial charge in [0.05, 0.1) is 61.2 Å². The molecular formula is C45H50ClN10O7P3. The van der Waals surface area contributed by atoms with E-state index in [9.17, 15) is 18.5 Å². The first kappa shape index (κ1) is 47.6. The number of carbonyl (C=O) groups excluding carboxylic acids is 1. The molecule has 7 rings (SSSR count). The number of methoxy groups -OCH3 is 3. The number of para-hydroxylation sites is 1. The molecule has 0 aliphatic heterocycles. The third kappa shape index (κ3) is 10.7. The van der Waals surface area contributed by atoms with Crippen molar-refractivity contribution in [3.05, 3.63) is 108 Å². The smallest absolute Gasteiger partial charge is 0.253 e. The molecular weight excluding hydrogens is 921 g/mol. The summed E-state index contributed by atoms with van der Waals surface area (Å²) < 4.78 is 58.4. The van der Waals surface area contributed by atoms with E-state index in [-0.39, 0.29) is 35.2 Å². The molecule has 0 fully saturated rings. The fourth-order valence-electron chi connectivity index (χ4n) is 6.94. The minimum absolute atomic E-state index is 0.162. The molecule has 4 aromatic carbocycles. The molecule has 17 nitrogen and oxygen atoms in total. The molecule has 3 heterocycles. The van der Waals surface area contributed by atoms with Crippen LogP contribution in [0.3, 0.4) is 0 Å². The summed E-state index contributed by atoms with van der Waals surface area (Å²) in [7, 11) is -2.55. The van der Waals surface area contributed by atoms with Crippen molar-refractivity contribution >= 4 is 112 Å². The molecule has 66 heavy (non-hydrogen) atoms. The van der Waals surface area contributed by atoms with Gasteiger partial charge in [0.2, 0.25) is 11.9 Å².